The third-order valence-electron chi connectivity index (χ3n) is 5.45. The first-order valence-electron chi connectivity index (χ1n) is 10.2. The molecular weight excluding hydrogens is 449 g/mol. The maximum absolute atomic E-state index is 13.9. The quantitative estimate of drug-likeness (QED) is 0.428. The van der Waals surface area contributed by atoms with E-state index in [0.717, 1.165) is 23.4 Å². The van der Waals surface area contributed by atoms with Crippen LogP contribution in [0.2, 0.25) is 0 Å². The average Bonchev–Trinajstić information content (AvgIpc) is 3.23. The number of halogens is 3. The summed E-state index contributed by atoms with van der Waals surface area (Å²) in [6, 6.07) is 10.9. The molecule has 4 aromatic rings. The number of nitrogens with zero attached hydrogens (tertiary/aromatic N) is 3. The van der Waals surface area contributed by atoms with Crippen molar-refractivity contribution in [3.8, 4) is 22.8 Å². The standard InChI is InChI=1S/C24H21F3N4O3/c1-13-5-7-16(9-14(13)2)29-23(32)17-12-28-31-21(24(25,26)27)11-18(30-22(17)31)15-6-8-19(33-3)20(10-15)34-4/h5-12H,1-4H3,(H,29,32). The van der Waals surface area contributed by atoms with Crippen LogP contribution in [0.15, 0.2) is 48.7 Å². The van der Waals surface area contributed by atoms with Gasteiger partial charge in [-0.15, -0.1) is 0 Å². The number of alkyl halides is 3. The Hall–Kier alpha value is -4.08. The van der Waals surface area contributed by atoms with Gasteiger partial charge in [-0.3, -0.25) is 4.79 Å². The van der Waals surface area contributed by atoms with Crippen molar-refractivity contribution < 1.29 is 27.4 Å². The first-order chi connectivity index (χ1) is 16.1. The van der Waals surface area contributed by atoms with Gasteiger partial charge in [0.25, 0.3) is 5.91 Å². The molecule has 176 valence electrons. The van der Waals surface area contributed by atoms with Crippen LogP contribution >= 0.6 is 0 Å². The van der Waals surface area contributed by atoms with Gasteiger partial charge >= 0.3 is 6.18 Å². The Morgan fingerprint density at radius 1 is 0.971 bits per heavy atom. The number of hydrogen-bond acceptors (Lipinski definition) is 5. The molecule has 7 nitrogen and oxygen atoms in total. The predicted octanol–water partition coefficient (Wildman–Crippen LogP) is 5.30. The number of fused-ring (bicyclic) bond motifs is 1. The van der Waals surface area contributed by atoms with Crippen molar-refractivity contribution in [2.45, 2.75) is 20.0 Å². The van der Waals surface area contributed by atoms with Gasteiger partial charge in [0.05, 0.1) is 26.1 Å². The summed E-state index contributed by atoms with van der Waals surface area (Å²) < 4.78 is 52.7. The number of ether oxygens (including phenoxy) is 2. The monoisotopic (exact) mass is 470 g/mol. The Kier molecular flexibility index (Phi) is 5.90. The highest BCUT2D eigenvalue weighted by Crippen LogP contribution is 2.36. The van der Waals surface area contributed by atoms with Gasteiger partial charge in [-0.05, 0) is 61.4 Å². The molecule has 2 aromatic heterocycles. The Morgan fingerprint density at radius 2 is 1.71 bits per heavy atom. The summed E-state index contributed by atoms with van der Waals surface area (Å²) in [5.41, 5.74) is 1.50. The molecule has 34 heavy (non-hydrogen) atoms. The first-order valence-corrected chi connectivity index (χ1v) is 10.2. The second-order valence-corrected chi connectivity index (χ2v) is 7.64. The molecule has 0 bridgehead atoms. The fourth-order valence-electron chi connectivity index (χ4n) is 3.49. The molecule has 0 fully saturated rings. The number of anilines is 1. The van der Waals surface area contributed by atoms with Gasteiger partial charge in [-0.2, -0.15) is 18.3 Å². The molecule has 0 saturated heterocycles. The minimum absolute atomic E-state index is 0.00140. The topological polar surface area (TPSA) is 77.8 Å². The molecule has 0 radical (unpaired) electrons. The maximum atomic E-state index is 13.9. The van der Waals surface area contributed by atoms with E-state index in [0.29, 0.717) is 27.3 Å². The van der Waals surface area contributed by atoms with E-state index >= 15 is 0 Å². The van der Waals surface area contributed by atoms with Gasteiger partial charge in [-0.1, -0.05) is 6.07 Å². The number of rotatable bonds is 5. The number of nitrogens with one attached hydrogen (secondary N) is 1. The molecule has 4 rings (SSSR count). The zero-order chi connectivity index (χ0) is 24.6. The molecule has 1 N–H and O–H groups in total. The van der Waals surface area contributed by atoms with Gasteiger partial charge < -0.3 is 14.8 Å². The lowest BCUT2D eigenvalue weighted by atomic mass is 10.1. The number of aromatic nitrogens is 3. The Labute approximate surface area is 193 Å². The molecule has 0 saturated carbocycles. The third-order valence-corrected chi connectivity index (χ3v) is 5.45. The van der Waals surface area contributed by atoms with Gasteiger partial charge in [0.15, 0.2) is 22.8 Å². The lowest BCUT2D eigenvalue weighted by Gasteiger charge is -2.13. The van der Waals surface area contributed by atoms with E-state index in [4.69, 9.17) is 9.47 Å². The molecule has 0 atom stereocenters. The summed E-state index contributed by atoms with van der Waals surface area (Å²) in [5, 5.41) is 6.51. The summed E-state index contributed by atoms with van der Waals surface area (Å²) in [6.07, 6.45) is -3.66. The molecular formula is C24H21F3N4O3. The summed E-state index contributed by atoms with van der Waals surface area (Å²) in [6.45, 7) is 3.83. The van der Waals surface area contributed by atoms with Gasteiger partial charge in [-0.25, -0.2) is 9.50 Å². The van der Waals surface area contributed by atoms with Crippen LogP contribution < -0.4 is 14.8 Å². The molecule has 2 aromatic carbocycles. The molecule has 0 unspecified atom stereocenters. The average molecular weight is 470 g/mol. The van der Waals surface area contributed by atoms with Crippen LogP contribution in [0.25, 0.3) is 16.9 Å². The van der Waals surface area contributed by atoms with E-state index in [1.807, 2.05) is 19.9 Å². The summed E-state index contributed by atoms with van der Waals surface area (Å²) in [5.74, 6) is 0.126. The van der Waals surface area contributed by atoms with E-state index in [-0.39, 0.29) is 16.9 Å². The van der Waals surface area contributed by atoms with Crippen molar-refractivity contribution in [2.24, 2.45) is 0 Å². The van der Waals surface area contributed by atoms with E-state index in [2.05, 4.69) is 15.4 Å². The zero-order valence-electron chi connectivity index (χ0n) is 18.8. The van der Waals surface area contributed by atoms with Crippen molar-refractivity contribution in [2.75, 3.05) is 19.5 Å². The lowest BCUT2D eigenvalue weighted by Crippen LogP contribution is -2.16. The van der Waals surface area contributed by atoms with E-state index < -0.39 is 17.8 Å². The summed E-state index contributed by atoms with van der Waals surface area (Å²) in [4.78, 5) is 17.3. The number of amides is 1. The second kappa shape index (κ2) is 8.69. The summed E-state index contributed by atoms with van der Waals surface area (Å²) >= 11 is 0. The van der Waals surface area contributed by atoms with E-state index in [1.54, 1.807) is 24.3 Å². The number of benzene rings is 2. The minimum atomic E-state index is -4.74. The third kappa shape index (κ3) is 4.26. The molecule has 1 amide bonds. The van der Waals surface area contributed by atoms with Crippen molar-refractivity contribution in [1.29, 1.82) is 0 Å². The van der Waals surface area contributed by atoms with E-state index in [9.17, 15) is 18.0 Å². The summed E-state index contributed by atoms with van der Waals surface area (Å²) in [7, 11) is 2.88. The highest BCUT2D eigenvalue weighted by atomic mass is 19.4. The van der Waals surface area contributed by atoms with Crippen molar-refractivity contribution in [1.82, 2.24) is 14.6 Å². The highest BCUT2D eigenvalue weighted by Gasteiger charge is 2.36. The van der Waals surface area contributed by atoms with Crippen LogP contribution in [0.5, 0.6) is 11.5 Å². The molecule has 0 aliphatic heterocycles. The smallest absolute Gasteiger partial charge is 0.433 e. The van der Waals surface area contributed by atoms with Crippen LogP contribution in [0.4, 0.5) is 18.9 Å². The second-order valence-electron chi connectivity index (χ2n) is 7.64. The van der Waals surface area contributed by atoms with E-state index in [1.165, 1.54) is 20.3 Å². The van der Waals surface area contributed by atoms with Crippen LogP contribution in [0.3, 0.4) is 0 Å². The van der Waals surface area contributed by atoms with Crippen molar-refractivity contribution >= 4 is 17.2 Å². The fraction of sp³-hybridized carbons (Fsp3) is 0.208. The molecule has 2 heterocycles. The van der Waals surface area contributed by atoms with Crippen molar-refractivity contribution in [3.05, 3.63) is 71.0 Å². The number of aryl methyl sites for hydroxylation is 2. The molecule has 0 aliphatic carbocycles. The Morgan fingerprint density at radius 3 is 2.35 bits per heavy atom. The fourth-order valence-corrected chi connectivity index (χ4v) is 3.49. The first kappa shape index (κ1) is 23.1. The lowest BCUT2D eigenvalue weighted by molar-refractivity contribution is -0.142. The minimum Gasteiger partial charge on any atom is -0.493 e. The number of carbonyl (C=O) groups excluding carboxylic acids is 1. The van der Waals surface area contributed by atoms with Gasteiger partial charge in [0.2, 0.25) is 0 Å². The van der Waals surface area contributed by atoms with Crippen LogP contribution in [0, 0.1) is 13.8 Å². The van der Waals surface area contributed by atoms with Crippen LogP contribution in [-0.2, 0) is 6.18 Å². The predicted molar refractivity (Wildman–Crippen MR) is 120 cm³/mol. The molecule has 10 heteroatoms. The Bertz CT molecular complexity index is 1400. The van der Waals surface area contributed by atoms with Crippen LogP contribution in [0.1, 0.15) is 27.2 Å². The zero-order valence-corrected chi connectivity index (χ0v) is 18.8. The normalized spacial score (nSPS) is 11.5. The van der Waals surface area contributed by atoms with Crippen molar-refractivity contribution in [3.63, 3.8) is 0 Å². The SMILES string of the molecule is COc1ccc(-c2cc(C(F)(F)F)n3ncc(C(=O)Nc4ccc(C)c(C)c4)c3n2)cc1OC. The Balaban J connectivity index is 1.84. The van der Waals surface area contributed by atoms with Gasteiger partial charge in [0, 0.05) is 11.3 Å². The number of carbonyl (C=O) groups is 1. The highest BCUT2D eigenvalue weighted by molar-refractivity contribution is 6.08. The number of methoxy groups -OCH3 is 2. The molecule has 0 spiro atoms. The number of hydrogen-bond donors (Lipinski definition) is 1. The van der Waals surface area contributed by atoms with Crippen LogP contribution in [-0.4, -0.2) is 34.7 Å². The van der Waals surface area contributed by atoms with Gasteiger partial charge in [0.1, 0.15) is 5.56 Å². The maximum Gasteiger partial charge on any atom is 0.433 e. The molecule has 0 aliphatic rings. The largest absolute Gasteiger partial charge is 0.493 e.